The molecule has 2 aromatic rings. The van der Waals surface area contributed by atoms with Gasteiger partial charge in [0.25, 0.3) is 5.69 Å². The summed E-state index contributed by atoms with van der Waals surface area (Å²) >= 11 is 6.00. The maximum absolute atomic E-state index is 10.6. The van der Waals surface area contributed by atoms with Crippen molar-refractivity contribution in [1.29, 1.82) is 0 Å². The maximum atomic E-state index is 10.6. The van der Waals surface area contributed by atoms with Gasteiger partial charge in [0.15, 0.2) is 0 Å². The Morgan fingerprint density at radius 1 is 1.26 bits per heavy atom. The molecule has 0 aliphatic rings. The van der Waals surface area contributed by atoms with Crippen molar-refractivity contribution in [3.63, 3.8) is 0 Å². The van der Waals surface area contributed by atoms with Gasteiger partial charge in [-0.15, -0.1) is 0 Å². The number of nitrogens with one attached hydrogen (secondary N) is 1. The molecule has 0 aliphatic heterocycles. The molecule has 7 heteroatoms. The predicted molar refractivity (Wildman–Crippen MR) is 90.1 cm³/mol. The lowest BCUT2D eigenvalue weighted by atomic mass is 10.2. The molecule has 0 fully saturated rings. The molecule has 0 amide bonds. The summed E-state index contributed by atoms with van der Waals surface area (Å²) in [5, 5.41) is 16.6. The summed E-state index contributed by atoms with van der Waals surface area (Å²) in [6.45, 7) is 2.37. The molecule has 0 atom stereocenters. The van der Waals surface area contributed by atoms with E-state index in [2.05, 4.69) is 10.6 Å². The summed E-state index contributed by atoms with van der Waals surface area (Å²) in [7, 11) is 1.64. The molecule has 0 saturated carbocycles. The minimum Gasteiger partial charge on any atom is -0.496 e. The van der Waals surface area contributed by atoms with Crippen LogP contribution in [0.25, 0.3) is 0 Å². The van der Waals surface area contributed by atoms with Crippen LogP contribution >= 0.6 is 11.6 Å². The first-order valence-electron chi connectivity index (χ1n) is 7.22. The molecule has 2 aromatic carbocycles. The number of hydrogen-bond donors (Lipinski definition) is 2. The van der Waals surface area contributed by atoms with Gasteiger partial charge in [0.2, 0.25) is 0 Å². The quantitative estimate of drug-likeness (QED) is 0.441. The Kier molecular flexibility index (Phi) is 6.19. The monoisotopic (exact) mass is 336 g/mol. The fraction of sp³-hybridized carbons (Fsp3) is 0.250. The Labute approximate surface area is 139 Å². The number of ether oxygens (including phenoxy) is 1. The Morgan fingerprint density at radius 3 is 2.65 bits per heavy atom. The Hall–Kier alpha value is -2.31. The minimum absolute atomic E-state index is 0.0927. The molecule has 0 aliphatic carbocycles. The van der Waals surface area contributed by atoms with Crippen molar-refractivity contribution in [3.05, 3.63) is 63.2 Å². The third kappa shape index (κ3) is 5.12. The number of non-ortho nitro benzene ring substituents is 1. The van der Waals surface area contributed by atoms with E-state index in [0.717, 1.165) is 36.6 Å². The smallest absolute Gasteiger partial charge is 0.269 e. The van der Waals surface area contributed by atoms with E-state index in [1.165, 1.54) is 12.1 Å². The molecule has 0 saturated heterocycles. The summed E-state index contributed by atoms with van der Waals surface area (Å²) in [5.74, 6) is 0.828. The van der Waals surface area contributed by atoms with Gasteiger partial charge in [-0.2, -0.15) is 0 Å². The first kappa shape index (κ1) is 17.1. The number of rotatable bonds is 8. The number of anilines is 1. The second-order valence-electron chi connectivity index (χ2n) is 4.97. The predicted octanol–water partition coefficient (Wildman–Crippen LogP) is 2.43. The SMILES string of the molecule is COc1ccc(Cl)cc1C[NH2+]CCNc1ccc([N+](=O)[O-])cc1. The first-order valence-corrected chi connectivity index (χ1v) is 7.60. The minimum atomic E-state index is -0.407. The third-order valence-corrected chi connectivity index (χ3v) is 3.60. The van der Waals surface area contributed by atoms with Crippen LogP contribution in [0.4, 0.5) is 11.4 Å². The molecule has 0 radical (unpaired) electrons. The van der Waals surface area contributed by atoms with Crippen LogP contribution in [-0.4, -0.2) is 25.1 Å². The van der Waals surface area contributed by atoms with Crippen LogP contribution in [-0.2, 0) is 6.54 Å². The van der Waals surface area contributed by atoms with E-state index < -0.39 is 4.92 Å². The zero-order valence-corrected chi connectivity index (χ0v) is 13.5. The number of nitro benzene ring substituents is 1. The Balaban J connectivity index is 1.75. The number of methoxy groups -OCH3 is 1. The Bertz CT molecular complexity index is 662. The second-order valence-corrected chi connectivity index (χ2v) is 5.40. The van der Waals surface area contributed by atoms with Gasteiger partial charge in [-0.3, -0.25) is 10.1 Å². The summed E-state index contributed by atoms with van der Waals surface area (Å²) in [6.07, 6.45) is 0. The third-order valence-electron chi connectivity index (χ3n) is 3.36. The van der Waals surface area contributed by atoms with Gasteiger partial charge in [-0.25, -0.2) is 0 Å². The number of nitrogens with two attached hydrogens (primary N) is 1. The van der Waals surface area contributed by atoms with E-state index in [1.54, 1.807) is 25.3 Å². The lowest BCUT2D eigenvalue weighted by Gasteiger charge is -2.09. The van der Waals surface area contributed by atoms with Gasteiger partial charge < -0.3 is 15.4 Å². The highest BCUT2D eigenvalue weighted by Crippen LogP contribution is 2.21. The van der Waals surface area contributed by atoms with Crippen LogP contribution < -0.4 is 15.4 Å². The molecule has 3 N–H and O–H groups in total. The van der Waals surface area contributed by atoms with Gasteiger partial charge in [0.1, 0.15) is 12.3 Å². The van der Waals surface area contributed by atoms with E-state index in [9.17, 15) is 10.1 Å². The van der Waals surface area contributed by atoms with E-state index in [-0.39, 0.29) is 5.69 Å². The van der Waals surface area contributed by atoms with Gasteiger partial charge in [0.05, 0.1) is 25.1 Å². The fourth-order valence-electron chi connectivity index (χ4n) is 2.18. The molecule has 0 unspecified atom stereocenters. The molecule has 0 bridgehead atoms. The zero-order valence-electron chi connectivity index (χ0n) is 12.8. The average molecular weight is 337 g/mol. The first-order chi connectivity index (χ1) is 11.1. The standard InChI is InChI=1S/C16H18ClN3O3/c1-23-16-7-2-13(17)10-12(16)11-18-8-9-19-14-3-5-15(6-4-14)20(21)22/h2-7,10,18-19H,8-9,11H2,1H3/p+1. The number of nitro groups is 1. The molecule has 23 heavy (non-hydrogen) atoms. The molecule has 0 heterocycles. The second kappa shape index (κ2) is 8.36. The number of benzene rings is 2. The van der Waals surface area contributed by atoms with Crippen molar-refractivity contribution in [2.45, 2.75) is 6.54 Å². The lowest BCUT2D eigenvalue weighted by molar-refractivity contribution is -0.668. The van der Waals surface area contributed by atoms with Crippen molar-refractivity contribution in [3.8, 4) is 5.75 Å². The van der Waals surface area contributed by atoms with Gasteiger partial charge in [-0.05, 0) is 30.3 Å². The van der Waals surface area contributed by atoms with Crippen LogP contribution in [0.15, 0.2) is 42.5 Å². The number of nitrogens with zero attached hydrogens (tertiary/aromatic N) is 1. The van der Waals surface area contributed by atoms with Crippen molar-refractivity contribution < 1.29 is 15.0 Å². The van der Waals surface area contributed by atoms with Crippen LogP contribution in [0.1, 0.15) is 5.56 Å². The van der Waals surface area contributed by atoms with E-state index in [0.29, 0.717) is 5.02 Å². The van der Waals surface area contributed by atoms with Crippen molar-refractivity contribution >= 4 is 23.0 Å². The Morgan fingerprint density at radius 2 is 2.00 bits per heavy atom. The highest BCUT2D eigenvalue weighted by Gasteiger charge is 2.06. The zero-order chi connectivity index (χ0) is 16.7. The molecular formula is C16H19ClN3O3+. The molecule has 122 valence electrons. The van der Waals surface area contributed by atoms with Gasteiger partial charge in [0, 0.05) is 28.4 Å². The molecule has 6 nitrogen and oxygen atoms in total. The van der Waals surface area contributed by atoms with Crippen molar-refractivity contribution in [1.82, 2.24) is 0 Å². The van der Waals surface area contributed by atoms with Gasteiger partial charge in [-0.1, -0.05) is 11.6 Å². The normalized spacial score (nSPS) is 10.3. The highest BCUT2D eigenvalue weighted by molar-refractivity contribution is 6.30. The van der Waals surface area contributed by atoms with Crippen molar-refractivity contribution in [2.75, 3.05) is 25.5 Å². The van der Waals surface area contributed by atoms with E-state index in [1.807, 2.05) is 12.1 Å². The summed E-state index contributed by atoms with van der Waals surface area (Å²) in [6, 6.07) is 12.0. The largest absolute Gasteiger partial charge is 0.496 e. The average Bonchev–Trinajstić information content (AvgIpc) is 2.55. The number of halogens is 1. The van der Waals surface area contributed by atoms with E-state index >= 15 is 0 Å². The summed E-state index contributed by atoms with van der Waals surface area (Å²) < 4.78 is 5.31. The van der Waals surface area contributed by atoms with Crippen LogP contribution in [0.3, 0.4) is 0 Å². The number of quaternary nitrogens is 1. The van der Waals surface area contributed by atoms with Gasteiger partial charge >= 0.3 is 0 Å². The lowest BCUT2D eigenvalue weighted by Crippen LogP contribution is -2.83. The van der Waals surface area contributed by atoms with Crippen LogP contribution in [0.5, 0.6) is 5.75 Å². The van der Waals surface area contributed by atoms with E-state index in [4.69, 9.17) is 16.3 Å². The topological polar surface area (TPSA) is 81.0 Å². The molecule has 0 spiro atoms. The highest BCUT2D eigenvalue weighted by atomic mass is 35.5. The maximum Gasteiger partial charge on any atom is 0.269 e. The summed E-state index contributed by atoms with van der Waals surface area (Å²) in [4.78, 5) is 10.2. The molecular weight excluding hydrogens is 318 g/mol. The number of hydrogen-bond acceptors (Lipinski definition) is 4. The van der Waals surface area contributed by atoms with Crippen LogP contribution in [0.2, 0.25) is 5.02 Å². The fourth-order valence-corrected chi connectivity index (χ4v) is 2.38. The molecule has 2 rings (SSSR count). The van der Waals surface area contributed by atoms with Crippen LogP contribution in [0, 0.1) is 10.1 Å². The van der Waals surface area contributed by atoms with Crippen molar-refractivity contribution in [2.24, 2.45) is 0 Å². The summed E-state index contributed by atoms with van der Waals surface area (Å²) in [5.41, 5.74) is 2.01. The molecule has 0 aromatic heterocycles.